The van der Waals surface area contributed by atoms with E-state index in [4.69, 9.17) is 0 Å². The monoisotopic (exact) mass is 150 g/mol. The number of carbonyl (C=O) groups is 1. The molecule has 3 atom stereocenters. The zero-order valence-corrected chi connectivity index (χ0v) is 7.13. The van der Waals surface area contributed by atoms with Gasteiger partial charge in [0.25, 0.3) is 0 Å². The van der Waals surface area contributed by atoms with Crippen LogP contribution in [0.3, 0.4) is 0 Å². The Kier molecular flexibility index (Phi) is 1.26. The summed E-state index contributed by atoms with van der Waals surface area (Å²) < 4.78 is 0. The van der Waals surface area contributed by atoms with Crippen molar-refractivity contribution in [3.63, 3.8) is 0 Å². The summed E-state index contributed by atoms with van der Waals surface area (Å²) in [5.74, 6) is 1.28. The zero-order valence-electron chi connectivity index (χ0n) is 7.13. The van der Waals surface area contributed by atoms with E-state index in [1.165, 1.54) is 6.42 Å². The molecule has 60 valence electrons. The Morgan fingerprint density at radius 1 is 1.64 bits per heavy atom. The first kappa shape index (κ1) is 7.08. The van der Waals surface area contributed by atoms with E-state index in [0.717, 1.165) is 6.42 Å². The van der Waals surface area contributed by atoms with Gasteiger partial charge in [-0.15, -0.1) is 0 Å². The van der Waals surface area contributed by atoms with Gasteiger partial charge in [-0.1, -0.05) is 19.1 Å². The van der Waals surface area contributed by atoms with Crippen molar-refractivity contribution >= 4 is 5.78 Å². The van der Waals surface area contributed by atoms with Gasteiger partial charge in [0.1, 0.15) is 5.78 Å². The second kappa shape index (κ2) is 1.96. The summed E-state index contributed by atoms with van der Waals surface area (Å²) in [5, 5.41) is 0. The predicted molar refractivity (Wildman–Crippen MR) is 44.1 cm³/mol. The highest BCUT2D eigenvalue weighted by Gasteiger charge is 2.44. The largest absolute Gasteiger partial charge is 0.298 e. The van der Waals surface area contributed by atoms with Gasteiger partial charge >= 0.3 is 0 Å². The number of carbonyl (C=O) groups excluding carboxylic acids is 1. The maximum Gasteiger partial charge on any atom is 0.145 e. The van der Waals surface area contributed by atoms with Crippen molar-refractivity contribution in [3.8, 4) is 0 Å². The van der Waals surface area contributed by atoms with Crippen molar-refractivity contribution in [2.45, 2.75) is 26.7 Å². The lowest BCUT2D eigenvalue weighted by Crippen LogP contribution is -2.42. The van der Waals surface area contributed by atoms with E-state index >= 15 is 0 Å². The molecule has 1 fully saturated rings. The lowest BCUT2D eigenvalue weighted by Gasteiger charge is -2.41. The molecule has 3 aliphatic rings. The van der Waals surface area contributed by atoms with Crippen LogP contribution >= 0.6 is 0 Å². The minimum Gasteiger partial charge on any atom is -0.298 e. The number of ketones is 1. The van der Waals surface area contributed by atoms with Crippen molar-refractivity contribution in [1.82, 2.24) is 0 Å². The third kappa shape index (κ3) is 0.800. The molecule has 1 heteroatoms. The standard InChI is InChI=1S/C10H14O/c1-7-8-3-5-10(2,6-4-8)9(7)11/h3,5,7-8H,4,6H2,1-2H3/t7-,8-,10+/m0/s1. The predicted octanol–water partition coefficient (Wildman–Crippen LogP) is 2.18. The molecule has 3 rings (SSSR count). The number of Topliss-reactive ketones (excluding diaryl/α,β-unsaturated/α-hetero) is 1. The van der Waals surface area contributed by atoms with Crippen LogP contribution in [-0.4, -0.2) is 5.78 Å². The lowest BCUT2D eigenvalue weighted by atomic mass is 9.61. The number of allylic oxidation sites excluding steroid dienone is 2. The number of fused-ring (bicyclic) bond motifs is 2. The van der Waals surface area contributed by atoms with E-state index < -0.39 is 0 Å². The summed E-state index contributed by atoms with van der Waals surface area (Å²) in [5.41, 5.74) is -0.103. The maximum atomic E-state index is 11.7. The Morgan fingerprint density at radius 2 is 2.36 bits per heavy atom. The number of hydrogen-bond acceptors (Lipinski definition) is 1. The second-order valence-electron chi connectivity index (χ2n) is 4.13. The van der Waals surface area contributed by atoms with Gasteiger partial charge in [0.05, 0.1) is 0 Å². The van der Waals surface area contributed by atoms with Gasteiger partial charge in [0.15, 0.2) is 0 Å². The minimum absolute atomic E-state index is 0.103. The first-order chi connectivity index (χ1) is 5.13. The fourth-order valence-electron chi connectivity index (χ4n) is 2.32. The van der Waals surface area contributed by atoms with Crippen molar-refractivity contribution in [3.05, 3.63) is 12.2 Å². The molecule has 0 aromatic rings. The Balaban J connectivity index is 2.43. The molecule has 2 bridgehead atoms. The third-order valence-corrected chi connectivity index (χ3v) is 3.33. The average molecular weight is 150 g/mol. The molecule has 0 aliphatic heterocycles. The van der Waals surface area contributed by atoms with Gasteiger partial charge in [0, 0.05) is 11.3 Å². The van der Waals surface area contributed by atoms with Crippen molar-refractivity contribution < 1.29 is 4.79 Å². The quantitative estimate of drug-likeness (QED) is 0.484. The first-order valence-electron chi connectivity index (χ1n) is 4.37. The van der Waals surface area contributed by atoms with Crippen LogP contribution in [0.1, 0.15) is 26.7 Å². The van der Waals surface area contributed by atoms with Gasteiger partial charge in [-0.2, -0.15) is 0 Å². The molecule has 1 nitrogen and oxygen atoms in total. The summed E-state index contributed by atoms with van der Waals surface area (Å²) in [6, 6.07) is 0. The molecule has 0 radical (unpaired) electrons. The summed E-state index contributed by atoms with van der Waals surface area (Å²) in [7, 11) is 0. The van der Waals surface area contributed by atoms with E-state index in [-0.39, 0.29) is 11.3 Å². The molecule has 11 heavy (non-hydrogen) atoms. The molecular weight excluding hydrogens is 136 g/mol. The summed E-state index contributed by atoms with van der Waals surface area (Å²) >= 11 is 0. The third-order valence-electron chi connectivity index (χ3n) is 3.33. The highest BCUT2D eigenvalue weighted by atomic mass is 16.1. The Hall–Kier alpha value is -0.590. The van der Waals surface area contributed by atoms with Gasteiger partial charge in [0.2, 0.25) is 0 Å². The highest BCUT2D eigenvalue weighted by Crippen LogP contribution is 2.45. The van der Waals surface area contributed by atoms with E-state index in [0.29, 0.717) is 11.7 Å². The molecule has 0 N–H and O–H groups in total. The van der Waals surface area contributed by atoms with Crippen molar-refractivity contribution in [2.24, 2.45) is 17.3 Å². The van der Waals surface area contributed by atoms with Gasteiger partial charge < -0.3 is 0 Å². The molecule has 3 aliphatic carbocycles. The van der Waals surface area contributed by atoms with E-state index in [1.54, 1.807) is 0 Å². The molecule has 0 aromatic heterocycles. The van der Waals surface area contributed by atoms with Gasteiger partial charge in [-0.25, -0.2) is 0 Å². The summed E-state index contributed by atoms with van der Waals surface area (Å²) in [6.07, 6.45) is 6.62. The van der Waals surface area contributed by atoms with Crippen LogP contribution in [0.4, 0.5) is 0 Å². The topological polar surface area (TPSA) is 17.1 Å². The SMILES string of the molecule is C[C@@H]1C(=O)[C@]2(C)C=C[C@H]1CC2. The summed E-state index contributed by atoms with van der Waals surface area (Å²) in [6.45, 7) is 4.13. The van der Waals surface area contributed by atoms with Crippen LogP contribution in [0.5, 0.6) is 0 Å². The maximum absolute atomic E-state index is 11.7. The Morgan fingerprint density at radius 3 is 2.73 bits per heavy atom. The zero-order chi connectivity index (χ0) is 8.06. The Labute approximate surface area is 67.5 Å². The smallest absolute Gasteiger partial charge is 0.145 e. The number of hydrogen-bond donors (Lipinski definition) is 0. The molecule has 1 saturated carbocycles. The highest BCUT2D eigenvalue weighted by molar-refractivity contribution is 5.90. The van der Waals surface area contributed by atoms with Crippen molar-refractivity contribution in [2.75, 3.05) is 0 Å². The van der Waals surface area contributed by atoms with Crippen LogP contribution in [0, 0.1) is 17.3 Å². The van der Waals surface area contributed by atoms with Crippen LogP contribution < -0.4 is 0 Å². The fourth-order valence-corrected chi connectivity index (χ4v) is 2.32. The van der Waals surface area contributed by atoms with Crippen LogP contribution in [0.2, 0.25) is 0 Å². The van der Waals surface area contributed by atoms with Crippen LogP contribution in [0.15, 0.2) is 12.2 Å². The lowest BCUT2D eigenvalue weighted by molar-refractivity contribution is -0.134. The second-order valence-corrected chi connectivity index (χ2v) is 4.13. The van der Waals surface area contributed by atoms with E-state index in [2.05, 4.69) is 26.0 Å². The average Bonchev–Trinajstić information content (AvgIpc) is 2.01. The van der Waals surface area contributed by atoms with Gasteiger partial charge in [-0.3, -0.25) is 4.79 Å². The summed E-state index contributed by atoms with van der Waals surface area (Å²) in [4.78, 5) is 11.7. The van der Waals surface area contributed by atoms with Crippen molar-refractivity contribution in [1.29, 1.82) is 0 Å². The molecule has 0 heterocycles. The van der Waals surface area contributed by atoms with Gasteiger partial charge in [-0.05, 0) is 25.7 Å². The number of rotatable bonds is 0. The molecule has 0 unspecified atom stereocenters. The molecule has 0 spiro atoms. The van der Waals surface area contributed by atoms with Crippen LogP contribution in [-0.2, 0) is 4.79 Å². The normalized spacial score (nSPS) is 48.4. The van der Waals surface area contributed by atoms with Crippen LogP contribution in [0.25, 0.3) is 0 Å². The first-order valence-corrected chi connectivity index (χ1v) is 4.37. The molecular formula is C10H14O. The minimum atomic E-state index is -0.103. The molecule has 0 amide bonds. The molecule has 0 aromatic carbocycles. The van der Waals surface area contributed by atoms with E-state index in [1.807, 2.05) is 0 Å². The van der Waals surface area contributed by atoms with E-state index in [9.17, 15) is 4.79 Å². The fraction of sp³-hybridized carbons (Fsp3) is 0.700. The molecule has 0 saturated heterocycles. The Bertz CT molecular complexity index is 229.